The van der Waals surface area contributed by atoms with Gasteiger partial charge in [-0.2, -0.15) is 15.6 Å². The van der Waals surface area contributed by atoms with Crippen molar-refractivity contribution in [2.75, 3.05) is 10.7 Å². The largest absolute Gasteiger partial charge is 0.326 e. The lowest BCUT2D eigenvalue weighted by Gasteiger charge is -2.11. The topological polar surface area (TPSA) is 101 Å². The molecule has 0 aliphatic heterocycles. The predicted molar refractivity (Wildman–Crippen MR) is 76.9 cm³/mol. The van der Waals surface area contributed by atoms with E-state index in [1.165, 1.54) is 0 Å². The minimum Gasteiger partial charge on any atom is -0.326 e. The highest BCUT2D eigenvalue weighted by molar-refractivity contribution is 6.10. The van der Waals surface area contributed by atoms with Crippen molar-refractivity contribution in [1.29, 1.82) is 10.5 Å². The third kappa shape index (κ3) is 4.11. The van der Waals surface area contributed by atoms with Gasteiger partial charge in [-0.15, -0.1) is 0 Å². The van der Waals surface area contributed by atoms with Crippen molar-refractivity contribution in [3.63, 3.8) is 0 Å². The second-order valence-electron chi connectivity index (χ2n) is 4.47. The Kier molecular flexibility index (Phi) is 5.25. The van der Waals surface area contributed by atoms with E-state index < -0.39 is 0 Å². The van der Waals surface area contributed by atoms with Gasteiger partial charge in [-0.05, 0) is 24.6 Å². The molecule has 20 heavy (non-hydrogen) atoms. The molecule has 0 saturated heterocycles. The van der Waals surface area contributed by atoms with Crippen LogP contribution in [0.15, 0.2) is 23.3 Å². The average Bonchev–Trinajstić information content (AvgIpc) is 2.43. The molecule has 1 amide bonds. The molecule has 0 radical (unpaired) electrons. The molecule has 0 aliphatic carbocycles. The fraction of sp³-hybridized carbons (Fsp3) is 0.286. The summed E-state index contributed by atoms with van der Waals surface area (Å²) >= 11 is 0. The predicted octanol–water partition coefficient (Wildman–Crippen LogP) is 2.40. The van der Waals surface area contributed by atoms with Gasteiger partial charge in [-0.25, -0.2) is 0 Å². The van der Waals surface area contributed by atoms with Crippen molar-refractivity contribution in [3.05, 3.63) is 23.8 Å². The smallest absolute Gasteiger partial charge is 0.237 e. The van der Waals surface area contributed by atoms with E-state index in [0.717, 1.165) is 5.56 Å². The highest BCUT2D eigenvalue weighted by Gasteiger charge is 2.08. The Hall–Kier alpha value is -2.86. The highest BCUT2D eigenvalue weighted by atomic mass is 16.1. The van der Waals surface area contributed by atoms with E-state index in [-0.39, 0.29) is 17.5 Å². The van der Waals surface area contributed by atoms with Gasteiger partial charge in [0.1, 0.15) is 12.1 Å². The van der Waals surface area contributed by atoms with Gasteiger partial charge in [0.25, 0.3) is 0 Å². The molecule has 0 aromatic heterocycles. The van der Waals surface area contributed by atoms with Crippen LogP contribution in [0.5, 0.6) is 0 Å². The van der Waals surface area contributed by atoms with Gasteiger partial charge in [0.05, 0.1) is 5.69 Å². The van der Waals surface area contributed by atoms with Crippen molar-refractivity contribution in [2.45, 2.75) is 20.8 Å². The van der Waals surface area contributed by atoms with E-state index in [0.29, 0.717) is 11.4 Å². The third-order valence-corrected chi connectivity index (χ3v) is 2.53. The molecular weight excluding hydrogens is 254 g/mol. The Morgan fingerprint density at radius 3 is 2.50 bits per heavy atom. The van der Waals surface area contributed by atoms with Crippen LogP contribution in [0.3, 0.4) is 0 Å². The first-order chi connectivity index (χ1) is 9.47. The van der Waals surface area contributed by atoms with Crippen molar-refractivity contribution in [1.82, 2.24) is 0 Å². The first-order valence-electron chi connectivity index (χ1n) is 6.03. The zero-order chi connectivity index (χ0) is 15.1. The van der Waals surface area contributed by atoms with Crippen LogP contribution < -0.4 is 10.7 Å². The molecule has 0 fully saturated rings. The molecule has 0 bridgehead atoms. The SMILES string of the molecule is Cc1ccc(NC(=O)C(C)C)cc1NN=C(C#N)C#N. The lowest BCUT2D eigenvalue weighted by Crippen LogP contribution is -2.17. The average molecular weight is 269 g/mol. The number of anilines is 2. The molecule has 0 unspecified atom stereocenters. The Labute approximate surface area is 117 Å². The van der Waals surface area contributed by atoms with Crippen molar-refractivity contribution in [2.24, 2.45) is 11.0 Å². The molecular formula is C14H15N5O. The van der Waals surface area contributed by atoms with Crippen molar-refractivity contribution >= 4 is 23.0 Å². The molecule has 0 heterocycles. The first kappa shape index (κ1) is 15.2. The Morgan fingerprint density at radius 1 is 1.30 bits per heavy atom. The summed E-state index contributed by atoms with van der Waals surface area (Å²) in [5.41, 5.74) is 4.51. The standard InChI is InChI=1S/C14H15N5O/c1-9(2)14(20)17-11-5-4-10(3)13(6-11)19-18-12(7-15)8-16/h4-6,9,19H,1-3H3,(H,17,20). The van der Waals surface area contributed by atoms with Crippen molar-refractivity contribution < 1.29 is 4.79 Å². The van der Waals surface area contributed by atoms with Crippen molar-refractivity contribution in [3.8, 4) is 12.1 Å². The maximum atomic E-state index is 11.6. The van der Waals surface area contributed by atoms with Gasteiger partial charge in [-0.1, -0.05) is 19.9 Å². The molecule has 2 N–H and O–H groups in total. The maximum absolute atomic E-state index is 11.6. The molecule has 1 aromatic rings. The molecule has 0 aliphatic rings. The van der Waals surface area contributed by atoms with E-state index in [9.17, 15) is 4.79 Å². The third-order valence-electron chi connectivity index (χ3n) is 2.53. The minimum atomic E-state index is -0.263. The maximum Gasteiger partial charge on any atom is 0.237 e. The molecule has 102 valence electrons. The number of nitriles is 2. The quantitative estimate of drug-likeness (QED) is 0.647. The fourth-order valence-electron chi connectivity index (χ4n) is 1.30. The normalized spacial score (nSPS) is 9.30. The summed E-state index contributed by atoms with van der Waals surface area (Å²) in [5.74, 6) is -0.201. The summed E-state index contributed by atoms with van der Waals surface area (Å²) in [5, 5.41) is 23.7. The molecule has 6 heteroatoms. The van der Waals surface area contributed by atoms with Crippen LogP contribution in [0.25, 0.3) is 0 Å². The first-order valence-corrected chi connectivity index (χ1v) is 6.03. The molecule has 0 saturated carbocycles. The number of amides is 1. The summed E-state index contributed by atoms with van der Waals surface area (Å²) in [7, 11) is 0. The number of benzene rings is 1. The van der Waals surface area contributed by atoms with Crippen LogP contribution in [0, 0.1) is 35.5 Å². The summed E-state index contributed by atoms with van der Waals surface area (Å²) in [6.45, 7) is 5.46. The number of nitrogens with one attached hydrogen (secondary N) is 2. The van der Waals surface area contributed by atoms with E-state index in [1.807, 2.05) is 13.0 Å². The summed E-state index contributed by atoms with van der Waals surface area (Å²) in [6, 6.07) is 8.61. The number of hydrogen-bond donors (Lipinski definition) is 2. The van der Waals surface area contributed by atoms with Crippen LogP contribution in [-0.2, 0) is 4.79 Å². The molecule has 6 nitrogen and oxygen atoms in total. The fourth-order valence-corrected chi connectivity index (χ4v) is 1.30. The number of carbonyl (C=O) groups is 1. The van der Waals surface area contributed by atoms with Crippen LogP contribution in [0.2, 0.25) is 0 Å². The molecule has 1 aromatic carbocycles. The monoisotopic (exact) mass is 269 g/mol. The lowest BCUT2D eigenvalue weighted by molar-refractivity contribution is -0.118. The van der Waals surface area contributed by atoms with Gasteiger partial charge < -0.3 is 5.32 Å². The van der Waals surface area contributed by atoms with Gasteiger partial charge in [0.2, 0.25) is 11.6 Å². The van der Waals surface area contributed by atoms with Gasteiger partial charge in [0, 0.05) is 11.6 Å². The summed E-state index contributed by atoms with van der Waals surface area (Å²) in [6.07, 6.45) is 0. The number of hydrazone groups is 1. The van der Waals surface area contributed by atoms with E-state index in [1.54, 1.807) is 38.1 Å². The summed E-state index contributed by atoms with van der Waals surface area (Å²) < 4.78 is 0. The Morgan fingerprint density at radius 2 is 1.95 bits per heavy atom. The van der Waals surface area contributed by atoms with Crippen LogP contribution in [-0.4, -0.2) is 11.6 Å². The van der Waals surface area contributed by atoms with Crippen LogP contribution in [0.4, 0.5) is 11.4 Å². The minimum absolute atomic E-state index is 0.0851. The summed E-state index contributed by atoms with van der Waals surface area (Å²) in [4.78, 5) is 11.6. The molecule has 1 rings (SSSR count). The van der Waals surface area contributed by atoms with Gasteiger partial charge in [-0.3, -0.25) is 10.2 Å². The van der Waals surface area contributed by atoms with Crippen LogP contribution in [0.1, 0.15) is 19.4 Å². The Bertz CT molecular complexity index is 603. The van der Waals surface area contributed by atoms with Gasteiger partial charge >= 0.3 is 0 Å². The number of rotatable bonds is 4. The number of nitrogens with zero attached hydrogens (tertiary/aromatic N) is 3. The molecule has 0 spiro atoms. The van der Waals surface area contributed by atoms with E-state index in [2.05, 4.69) is 15.8 Å². The Balaban J connectivity index is 2.93. The van der Waals surface area contributed by atoms with E-state index >= 15 is 0 Å². The van der Waals surface area contributed by atoms with E-state index in [4.69, 9.17) is 10.5 Å². The molecule has 0 atom stereocenters. The zero-order valence-corrected chi connectivity index (χ0v) is 11.6. The number of aryl methyl sites for hydroxylation is 1. The highest BCUT2D eigenvalue weighted by Crippen LogP contribution is 2.20. The second kappa shape index (κ2) is 6.91. The second-order valence-corrected chi connectivity index (χ2v) is 4.47. The number of hydrogen-bond acceptors (Lipinski definition) is 5. The zero-order valence-electron chi connectivity index (χ0n) is 11.6. The van der Waals surface area contributed by atoms with Gasteiger partial charge in [0.15, 0.2) is 0 Å². The number of carbonyl (C=O) groups excluding carboxylic acids is 1. The van der Waals surface area contributed by atoms with Crippen LogP contribution >= 0.6 is 0 Å². The lowest BCUT2D eigenvalue weighted by atomic mass is 10.1.